The molecule has 0 amide bonds. The van der Waals surface area contributed by atoms with E-state index in [1.807, 2.05) is 6.92 Å². The predicted molar refractivity (Wildman–Crippen MR) is 75.4 cm³/mol. The van der Waals surface area contributed by atoms with Gasteiger partial charge >= 0.3 is 0 Å². The molecule has 1 aliphatic carbocycles. The van der Waals surface area contributed by atoms with Crippen molar-refractivity contribution in [2.75, 3.05) is 5.32 Å². The van der Waals surface area contributed by atoms with Gasteiger partial charge in [-0.3, -0.25) is 0 Å². The van der Waals surface area contributed by atoms with Gasteiger partial charge in [-0.05, 0) is 31.2 Å². The zero-order chi connectivity index (χ0) is 12.5. The van der Waals surface area contributed by atoms with E-state index >= 15 is 0 Å². The van der Waals surface area contributed by atoms with Gasteiger partial charge in [0.05, 0.1) is 6.54 Å². The summed E-state index contributed by atoms with van der Waals surface area (Å²) in [5, 5.41) is 6.00. The van der Waals surface area contributed by atoms with E-state index in [2.05, 4.69) is 32.8 Å². The number of rotatable bonds is 4. The molecule has 2 aromatic rings. The molecule has 3 nitrogen and oxygen atoms in total. The van der Waals surface area contributed by atoms with Crippen LogP contribution in [-0.2, 0) is 6.54 Å². The lowest BCUT2D eigenvalue weighted by Gasteiger charge is -2.10. The minimum atomic E-state index is 0.519. The molecule has 0 unspecified atom stereocenters. The van der Waals surface area contributed by atoms with E-state index in [-0.39, 0.29) is 0 Å². The molecular weight excluding hydrogens is 266 g/mol. The summed E-state index contributed by atoms with van der Waals surface area (Å²) >= 11 is 7.90. The van der Waals surface area contributed by atoms with Crippen LogP contribution in [0.1, 0.15) is 35.0 Å². The zero-order valence-electron chi connectivity index (χ0n) is 10.1. The molecule has 2 heterocycles. The third-order valence-electron chi connectivity index (χ3n) is 3.06. The first-order chi connectivity index (χ1) is 8.74. The van der Waals surface area contributed by atoms with E-state index in [0.29, 0.717) is 11.1 Å². The molecule has 1 fully saturated rings. The zero-order valence-corrected chi connectivity index (χ0v) is 11.7. The molecule has 0 saturated heterocycles. The highest BCUT2D eigenvalue weighted by molar-refractivity contribution is 7.09. The molecule has 3 rings (SSSR count). The van der Waals surface area contributed by atoms with Crippen LogP contribution < -0.4 is 5.32 Å². The minimum absolute atomic E-state index is 0.519. The Balaban J connectivity index is 1.81. The first-order valence-corrected chi connectivity index (χ1v) is 7.30. The Kier molecular flexibility index (Phi) is 3.22. The second kappa shape index (κ2) is 4.86. The summed E-state index contributed by atoms with van der Waals surface area (Å²) in [6.07, 6.45) is 2.37. The Morgan fingerprint density at radius 2 is 2.28 bits per heavy atom. The number of thiophene rings is 1. The van der Waals surface area contributed by atoms with Gasteiger partial charge in [0, 0.05) is 16.4 Å². The Labute approximate surface area is 115 Å². The van der Waals surface area contributed by atoms with Gasteiger partial charge in [-0.15, -0.1) is 11.3 Å². The Hall–Kier alpha value is -1.13. The number of anilines is 1. The number of halogens is 1. The largest absolute Gasteiger partial charge is 0.365 e. The van der Waals surface area contributed by atoms with Gasteiger partial charge < -0.3 is 5.32 Å². The second-order valence-electron chi connectivity index (χ2n) is 4.55. The van der Waals surface area contributed by atoms with Crippen LogP contribution in [0.4, 0.5) is 5.82 Å². The highest BCUT2D eigenvalue weighted by atomic mass is 35.5. The van der Waals surface area contributed by atoms with E-state index in [9.17, 15) is 0 Å². The summed E-state index contributed by atoms with van der Waals surface area (Å²) in [6, 6.07) is 4.16. The molecule has 0 radical (unpaired) electrons. The van der Waals surface area contributed by atoms with Crippen molar-refractivity contribution in [3.05, 3.63) is 38.9 Å². The van der Waals surface area contributed by atoms with Gasteiger partial charge in [-0.2, -0.15) is 0 Å². The first-order valence-electron chi connectivity index (χ1n) is 6.04. The van der Waals surface area contributed by atoms with Crippen LogP contribution in [-0.4, -0.2) is 9.97 Å². The SMILES string of the molecule is Cc1c(Cl)nc(C2CC2)nc1NCc1cccs1. The van der Waals surface area contributed by atoms with Gasteiger partial charge in [-0.1, -0.05) is 17.7 Å². The average molecular weight is 280 g/mol. The molecule has 0 aliphatic heterocycles. The van der Waals surface area contributed by atoms with Crippen molar-refractivity contribution in [3.8, 4) is 0 Å². The highest BCUT2D eigenvalue weighted by Gasteiger charge is 2.27. The highest BCUT2D eigenvalue weighted by Crippen LogP contribution is 2.39. The number of nitrogens with one attached hydrogen (secondary N) is 1. The quantitative estimate of drug-likeness (QED) is 0.860. The Morgan fingerprint density at radius 1 is 1.44 bits per heavy atom. The van der Waals surface area contributed by atoms with Crippen molar-refractivity contribution in [2.24, 2.45) is 0 Å². The van der Waals surface area contributed by atoms with E-state index < -0.39 is 0 Å². The van der Waals surface area contributed by atoms with Gasteiger partial charge in [0.25, 0.3) is 0 Å². The maximum atomic E-state index is 6.16. The monoisotopic (exact) mass is 279 g/mol. The number of hydrogen-bond acceptors (Lipinski definition) is 4. The maximum Gasteiger partial charge on any atom is 0.137 e. The van der Waals surface area contributed by atoms with Crippen LogP contribution in [0.15, 0.2) is 17.5 Å². The topological polar surface area (TPSA) is 37.8 Å². The average Bonchev–Trinajstić information content (AvgIpc) is 3.08. The van der Waals surface area contributed by atoms with Gasteiger partial charge in [0.15, 0.2) is 0 Å². The van der Waals surface area contributed by atoms with Crippen LogP contribution in [0.2, 0.25) is 5.15 Å². The maximum absolute atomic E-state index is 6.16. The van der Waals surface area contributed by atoms with E-state index in [0.717, 1.165) is 23.8 Å². The summed E-state index contributed by atoms with van der Waals surface area (Å²) in [6.45, 7) is 2.74. The smallest absolute Gasteiger partial charge is 0.137 e. The van der Waals surface area contributed by atoms with Crippen molar-refractivity contribution < 1.29 is 0 Å². The third kappa shape index (κ3) is 2.49. The van der Waals surface area contributed by atoms with Crippen molar-refractivity contribution in [1.82, 2.24) is 9.97 Å². The minimum Gasteiger partial charge on any atom is -0.365 e. The molecule has 2 aromatic heterocycles. The summed E-state index contributed by atoms with van der Waals surface area (Å²) in [4.78, 5) is 10.2. The van der Waals surface area contributed by atoms with Crippen LogP contribution in [0.5, 0.6) is 0 Å². The molecule has 5 heteroatoms. The molecule has 94 valence electrons. The molecule has 1 N–H and O–H groups in total. The van der Waals surface area contributed by atoms with Crippen molar-refractivity contribution in [1.29, 1.82) is 0 Å². The van der Waals surface area contributed by atoms with Crippen molar-refractivity contribution in [2.45, 2.75) is 32.2 Å². The molecule has 18 heavy (non-hydrogen) atoms. The lowest BCUT2D eigenvalue weighted by molar-refractivity contribution is 0.913. The summed E-state index contributed by atoms with van der Waals surface area (Å²) in [5.74, 6) is 2.27. The fourth-order valence-corrected chi connectivity index (χ4v) is 2.61. The third-order valence-corrected chi connectivity index (χ3v) is 4.30. The van der Waals surface area contributed by atoms with Crippen molar-refractivity contribution >= 4 is 28.8 Å². The Morgan fingerprint density at radius 3 is 2.94 bits per heavy atom. The normalized spacial score (nSPS) is 14.8. The van der Waals surface area contributed by atoms with Gasteiger partial charge in [0.2, 0.25) is 0 Å². The summed E-state index contributed by atoms with van der Waals surface area (Å²) in [7, 11) is 0. The lowest BCUT2D eigenvalue weighted by Crippen LogP contribution is -2.06. The first kappa shape index (κ1) is 11.9. The van der Waals surface area contributed by atoms with Crippen LogP contribution in [0, 0.1) is 6.92 Å². The standard InChI is InChI=1S/C13H14ClN3S/c1-8-11(14)16-13(9-4-5-9)17-12(8)15-7-10-3-2-6-18-10/h2-3,6,9H,4-5,7H2,1H3,(H,15,16,17). The molecule has 1 saturated carbocycles. The number of aromatic nitrogens is 2. The fraction of sp³-hybridized carbons (Fsp3) is 0.385. The molecule has 0 atom stereocenters. The van der Waals surface area contributed by atoms with Gasteiger partial charge in [-0.25, -0.2) is 9.97 Å². The van der Waals surface area contributed by atoms with Gasteiger partial charge in [0.1, 0.15) is 16.8 Å². The molecule has 1 aliphatic rings. The number of hydrogen-bond donors (Lipinski definition) is 1. The second-order valence-corrected chi connectivity index (χ2v) is 5.94. The molecule has 0 bridgehead atoms. The van der Waals surface area contributed by atoms with E-state index in [1.165, 1.54) is 17.7 Å². The predicted octanol–water partition coefficient (Wildman–Crippen LogP) is 3.99. The molecule has 0 spiro atoms. The fourth-order valence-electron chi connectivity index (χ4n) is 1.79. The summed E-state index contributed by atoms with van der Waals surface area (Å²) in [5.41, 5.74) is 0.928. The van der Waals surface area contributed by atoms with Crippen LogP contribution >= 0.6 is 22.9 Å². The van der Waals surface area contributed by atoms with Crippen molar-refractivity contribution in [3.63, 3.8) is 0 Å². The lowest BCUT2D eigenvalue weighted by atomic mass is 10.3. The molecule has 0 aromatic carbocycles. The summed E-state index contributed by atoms with van der Waals surface area (Å²) < 4.78 is 0. The van der Waals surface area contributed by atoms with E-state index in [4.69, 9.17) is 11.6 Å². The Bertz CT molecular complexity index is 550. The van der Waals surface area contributed by atoms with Crippen LogP contribution in [0.25, 0.3) is 0 Å². The van der Waals surface area contributed by atoms with Crippen LogP contribution in [0.3, 0.4) is 0 Å². The number of nitrogens with zero attached hydrogens (tertiary/aromatic N) is 2. The van der Waals surface area contributed by atoms with E-state index in [1.54, 1.807) is 11.3 Å². The molecular formula is C13H14ClN3S.